The second kappa shape index (κ2) is 5.13. The summed E-state index contributed by atoms with van der Waals surface area (Å²) in [6.07, 6.45) is 6.35. The van der Waals surface area contributed by atoms with Gasteiger partial charge in [-0.15, -0.1) is 0 Å². The van der Waals surface area contributed by atoms with E-state index in [2.05, 4.69) is 15.3 Å². The zero-order chi connectivity index (χ0) is 13.2. The van der Waals surface area contributed by atoms with Crippen LogP contribution in [0.3, 0.4) is 0 Å². The van der Waals surface area contributed by atoms with Gasteiger partial charge in [0.1, 0.15) is 0 Å². The fraction of sp³-hybridized carbons (Fsp3) is 0.615. The maximum Gasteiger partial charge on any atom is 0.308 e. The SMILES string of the molecule is O=C(O)C1CC1Nc1ncc(C2CCOCC2)cn1. The Morgan fingerprint density at radius 1 is 1.32 bits per heavy atom. The van der Waals surface area contributed by atoms with Crippen molar-refractivity contribution in [2.45, 2.75) is 31.2 Å². The molecule has 1 aliphatic carbocycles. The second-order valence-corrected chi connectivity index (χ2v) is 5.16. The van der Waals surface area contributed by atoms with Crippen molar-refractivity contribution in [2.75, 3.05) is 18.5 Å². The first-order chi connectivity index (χ1) is 9.24. The summed E-state index contributed by atoms with van der Waals surface area (Å²) in [6.45, 7) is 1.60. The van der Waals surface area contributed by atoms with E-state index in [1.807, 2.05) is 12.4 Å². The van der Waals surface area contributed by atoms with Gasteiger partial charge < -0.3 is 15.2 Å². The Balaban J connectivity index is 1.58. The van der Waals surface area contributed by atoms with Crippen LogP contribution in [0.15, 0.2) is 12.4 Å². The first kappa shape index (κ1) is 12.3. The van der Waals surface area contributed by atoms with Crippen molar-refractivity contribution in [3.63, 3.8) is 0 Å². The number of carboxylic acids is 1. The molecule has 1 aliphatic heterocycles. The second-order valence-electron chi connectivity index (χ2n) is 5.16. The van der Waals surface area contributed by atoms with Crippen molar-refractivity contribution in [1.29, 1.82) is 0 Å². The van der Waals surface area contributed by atoms with E-state index < -0.39 is 5.97 Å². The molecule has 2 unspecified atom stereocenters. The molecular weight excluding hydrogens is 246 g/mol. The molecule has 2 aliphatic rings. The van der Waals surface area contributed by atoms with E-state index in [9.17, 15) is 4.79 Å². The smallest absolute Gasteiger partial charge is 0.308 e. The summed E-state index contributed by atoms with van der Waals surface area (Å²) in [5, 5.41) is 11.9. The van der Waals surface area contributed by atoms with Crippen LogP contribution in [-0.4, -0.2) is 40.3 Å². The predicted molar refractivity (Wildman–Crippen MR) is 68.0 cm³/mol. The molecule has 0 spiro atoms. The molecule has 0 bridgehead atoms. The normalized spacial score (nSPS) is 26.9. The van der Waals surface area contributed by atoms with Gasteiger partial charge >= 0.3 is 5.97 Å². The third kappa shape index (κ3) is 2.84. The van der Waals surface area contributed by atoms with Crippen LogP contribution in [0.1, 0.15) is 30.7 Å². The van der Waals surface area contributed by atoms with Crippen LogP contribution in [0.5, 0.6) is 0 Å². The maximum absolute atomic E-state index is 10.7. The fourth-order valence-corrected chi connectivity index (χ4v) is 2.45. The van der Waals surface area contributed by atoms with Crippen molar-refractivity contribution < 1.29 is 14.6 Å². The number of aliphatic carboxylic acids is 1. The average molecular weight is 263 g/mol. The largest absolute Gasteiger partial charge is 0.481 e. The molecule has 102 valence electrons. The van der Waals surface area contributed by atoms with Crippen LogP contribution < -0.4 is 5.32 Å². The van der Waals surface area contributed by atoms with Crippen molar-refractivity contribution in [3.8, 4) is 0 Å². The zero-order valence-corrected chi connectivity index (χ0v) is 10.6. The van der Waals surface area contributed by atoms with Crippen molar-refractivity contribution >= 4 is 11.9 Å². The summed E-state index contributed by atoms with van der Waals surface area (Å²) >= 11 is 0. The molecule has 1 saturated carbocycles. The molecule has 2 fully saturated rings. The molecule has 3 rings (SSSR count). The van der Waals surface area contributed by atoms with Gasteiger partial charge in [-0.2, -0.15) is 0 Å². The first-order valence-corrected chi connectivity index (χ1v) is 6.63. The number of ether oxygens (including phenoxy) is 1. The zero-order valence-electron chi connectivity index (χ0n) is 10.6. The number of hydrogen-bond donors (Lipinski definition) is 2. The lowest BCUT2D eigenvalue weighted by atomic mass is 9.94. The molecule has 6 heteroatoms. The van der Waals surface area contributed by atoms with Gasteiger partial charge in [-0.25, -0.2) is 9.97 Å². The van der Waals surface area contributed by atoms with Gasteiger partial charge in [0.05, 0.1) is 5.92 Å². The monoisotopic (exact) mass is 263 g/mol. The van der Waals surface area contributed by atoms with Crippen LogP contribution >= 0.6 is 0 Å². The lowest BCUT2D eigenvalue weighted by molar-refractivity contribution is -0.138. The number of carboxylic acid groups (broad SMARTS) is 1. The van der Waals surface area contributed by atoms with Gasteiger partial charge in [0.2, 0.25) is 5.95 Å². The Bertz CT molecular complexity index is 457. The minimum atomic E-state index is -0.753. The highest BCUT2D eigenvalue weighted by atomic mass is 16.5. The van der Waals surface area contributed by atoms with Crippen LogP contribution in [-0.2, 0) is 9.53 Å². The number of aromatic nitrogens is 2. The van der Waals surface area contributed by atoms with E-state index in [0.717, 1.165) is 31.6 Å². The van der Waals surface area contributed by atoms with Gasteiger partial charge in [0.25, 0.3) is 0 Å². The summed E-state index contributed by atoms with van der Waals surface area (Å²) in [6, 6.07) is -0.0218. The first-order valence-electron chi connectivity index (χ1n) is 6.63. The quantitative estimate of drug-likeness (QED) is 0.850. The van der Waals surface area contributed by atoms with Crippen LogP contribution in [0.2, 0.25) is 0 Å². The number of hydrogen-bond acceptors (Lipinski definition) is 5. The van der Waals surface area contributed by atoms with Gasteiger partial charge in [-0.3, -0.25) is 4.79 Å². The average Bonchev–Trinajstić information content (AvgIpc) is 3.20. The minimum absolute atomic E-state index is 0.0218. The van der Waals surface area contributed by atoms with Crippen LogP contribution in [0, 0.1) is 5.92 Å². The molecule has 2 atom stereocenters. The maximum atomic E-state index is 10.7. The molecule has 2 N–H and O–H groups in total. The molecule has 1 aromatic rings. The summed E-state index contributed by atoms with van der Waals surface area (Å²) < 4.78 is 5.33. The Morgan fingerprint density at radius 2 is 2.00 bits per heavy atom. The fourth-order valence-electron chi connectivity index (χ4n) is 2.45. The number of nitrogens with one attached hydrogen (secondary N) is 1. The highest BCUT2D eigenvalue weighted by Gasteiger charge is 2.43. The molecule has 0 radical (unpaired) electrons. The lowest BCUT2D eigenvalue weighted by Gasteiger charge is -2.21. The van der Waals surface area contributed by atoms with E-state index in [1.54, 1.807) is 0 Å². The van der Waals surface area contributed by atoms with Crippen LogP contribution in [0.4, 0.5) is 5.95 Å². The molecule has 19 heavy (non-hydrogen) atoms. The molecular formula is C13H17N3O3. The highest BCUT2D eigenvalue weighted by molar-refractivity contribution is 5.75. The summed E-state index contributed by atoms with van der Waals surface area (Å²) in [5.41, 5.74) is 1.14. The van der Waals surface area contributed by atoms with E-state index in [-0.39, 0.29) is 12.0 Å². The van der Waals surface area contributed by atoms with Crippen molar-refractivity contribution in [1.82, 2.24) is 9.97 Å². The Hall–Kier alpha value is -1.69. The van der Waals surface area contributed by atoms with E-state index in [0.29, 0.717) is 18.3 Å². The predicted octanol–water partition coefficient (Wildman–Crippen LogP) is 1.26. The van der Waals surface area contributed by atoms with Gasteiger partial charge in [0.15, 0.2) is 0 Å². The number of carbonyl (C=O) groups is 1. The summed E-state index contributed by atoms with van der Waals surface area (Å²) in [7, 11) is 0. The van der Waals surface area contributed by atoms with Crippen molar-refractivity contribution in [2.24, 2.45) is 5.92 Å². The van der Waals surface area contributed by atoms with E-state index in [4.69, 9.17) is 9.84 Å². The molecule has 1 aromatic heterocycles. The van der Waals surface area contributed by atoms with E-state index >= 15 is 0 Å². The molecule has 1 saturated heterocycles. The topological polar surface area (TPSA) is 84.3 Å². The molecule has 2 heterocycles. The number of nitrogens with zero attached hydrogens (tertiary/aromatic N) is 2. The minimum Gasteiger partial charge on any atom is -0.481 e. The standard InChI is InChI=1S/C13H17N3O3/c17-12(18)10-5-11(10)16-13-14-6-9(7-15-13)8-1-3-19-4-2-8/h6-8,10-11H,1-5H2,(H,17,18)(H,14,15,16). The van der Waals surface area contributed by atoms with Gasteiger partial charge in [0, 0.05) is 31.6 Å². The molecule has 0 amide bonds. The number of anilines is 1. The highest BCUT2D eigenvalue weighted by Crippen LogP contribution is 2.33. The third-order valence-corrected chi connectivity index (χ3v) is 3.79. The number of rotatable bonds is 4. The van der Waals surface area contributed by atoms with E-state index in [1.165, 1.54) is 0 Å². The third-order valence-electron chi connectivity index (χ3n) is 3.79. The van der Waals surface area contributed by atoms with Gasteiger partial charge in [-0.05, 0) is 30.7 Å². The summed E-state index contributed by atoms with van der Waals surface area (Å²) in [5.74, 6) is -0.0462. The Morgan fingerprint density at radius 3 is 2.58 bits per heavy atom. The van der Waals surface area contributed by atoms with Gasteiger partial charge in [-0.1, -0.05) is 0 Å². The molecule has 6 nitrogen and oxygen atoms in total. The van der Waals surface area contributed by atoms with Crippen molar-refractivity contribution in [3.05, 3.63) is 18.0 Å². The Kier molecular flexibility index (Phi) is 3.33. The Labute approximate surface area is 111 Å². The van der Waals surface area contributed by atoms with Crippen LogP contribution in [0.25, 0.3) is 0 Å². The lowest BCUT2D eigenvalue weighted by Crippen LogP contribution is -2.15. The summed E-state index contributed by atoms with van der Waals surface area (Å²) in [4.78, 5) is 19.3. The molecule has 0 aromatic carbocycles.